The van der Waals surface area contributed by atoms with Gasteiger partial charge in [-0.25, -0.2) is 0 Å². The Kier molecular flexibility index (Phi) is 3.33. The van der Waals surface area contributed by atoms with E-state index < -0.39 is 0 Å². The van der Waals surface area contributed by atoms with Crippen LogP contribution in [0.4, 0.5) is 5.82 Å². The lowest BCUT2D eigenvalue weighted by Crippen LogP contribution is -2.43. The van der Waals surface area contributed by atoms with E-state index in [0.29, 0.717) is 12.6 Å². The molecule has 0 saturated carbocycles. The van der Waals surface area contributed by atoms with Gasteiger partial charge in [0.15, 0.2) is 0 Å². The molecular formula is C16H21N5O. The van der Waals surface area contributed by atoms with Gasteiger partial charge in [0.1, 0.15) is 12.4 Å². The number of hydrogen-bond acceptors (Lipinski definition) is 6. The molecule has 2 aliphatic rings. The van der Waals surface area contributed by atoms with Crippen LogP contribution in [0.15, 0.2) is 18.5 Å². The van der Waals surface area contributed by atoms with E-state index in [-0.39, 0.29) is 5.54 Å². The van der Waals surface area contributed by atoms with Gasteiger partial charge in [-0.2, -0.15) is 9.97 Å². The average molecular weight is 299 g/mol. The lowest BCUT2D eigenvalue weighted by molar-refractivity contribution is 0.108. The van der Waals surface area contributed by atoms with Crippen molar-refractivity contribution in [3.05, 3.63) is 18.5 Å². The standard InChI is InChI=1S/C16H21N5O/c1-17-14-12-10-18-7-4-13(12)19-15(20-14)22-11-16-5-2-8-21(16)9-3-6-16/h4,7,10H,2-3,5-6,8-9,11H2,1H3,(H,17,19,20). The summed E-state index contributed by atoms with van der Waals surface area (Å²) in [5.74, 6) is 0.764. The van der Waals surface area contributed by atoms with E-state index in [1.54, 1.807) is 12.4 Å². The summed E-state index contributed by atoms with van der Waals surface area (Å²) in [6, 6.07) is 2.34. The van der Waals surface area contributed by atoms with E-state index in [9.17, 15) is 0 Å². The minimum atomic E-state index is 0.219. The van der Waals surface area contributed by atoms with E-state index in [2.05, 4.69) is 25.2 Å². The van der Waals surface area contributed by atoms with Crippen LogP contribution in [0.1, 0.15) is 25.7 Å². The van der Waals surface area contributed by atoms with Gasteiger partial charge >= 0.3 is 6.01 Å². The van der Waals surface area contributed by atoms with Crippen LogP contribution in [0, 0.1) is 0 Å². The Morgan fingerprint density at radius 2 is 2.09 bits per heavy atom. The van der Waals surface area contributed by atoms with E-state index >= 15 is 0 Å². The molecule has 0 aliphatic carbocycles. The summed E-state index contributed by atoms with van der Waals surface area (Å²) in [5, 5.41) is 4.02. The van der Waals surface area contributed by atoms with Crippen LogP contribution in [0.2, 0.25) is 0 Å². The number of nitrogens with one attached hydrogen (secondary N) is 1. The van der Waals surface area contributed by atoms with E-state index in [4.69, 9.17) is 4.74 Å². The predicted octanol–water partition coefficient (Wildman–Crippen LogP) is 2.07. The number of hydrogen-bond donors (Lipinski definition) is 1. The van der Waals surface area contributed by atoms with Crippen LogP contribution >= 0.6 is 0 Å². The van der Waals surface area contributed by atoms with Gasteiger partial charge in [-0.15, -0.1) is 0 Å². The normalized spacial score (nSPS) is 20.2. The van der Waals surface area contributed by atoms with Crippen molar-refractivity contribution in [2.75, 3.05) is 32.1 Å². The summed E-state index contributed by atoms with van der Waals surface area (Å²) < 4.78 is 6.02. The number of rotatable bonds is 4. The lowest BCUT2D eigenvalue weighted by Gasteiger charge is -2.31. The smallest absolute Gasteiger partial charge is 0.319 e. The van der Waals surface area contributed by atoms with Crippen molar-refractivity contribution in [3.63, 3.8) is 0 Å². The van der Waals surface area contributed by atoms with Crippen molar-refractivity contribution in [2.45, 2.75) is 31.2 Å². The fourth-order valence-corrected chi connectivity index (χ4v) is 3.87. The monoisotopic (exact) mass is 299 g/mol. The summed E-state index contributed by atoms with van der Waals surface area (Å²) in [5.41, 5.74) is 1.08. The molecule has 2 fully saturated rings. The maximum atomic E-state index is 6.02. The van der Waals surface area contributed by atoms with Gasteiger partial charge in [0.25, 0.3) is 0 Å². The van der Waals surface area contributed by atoms with Crippen molar-refractivity contribution < 1.29 is 4.74 Å². The molecule has 6 nitrogen and oxygen atoms in total. The summed E-state index contributed by atoms with van der Waals surface area (Å²) in [6.07, 6.45) is 8.52. The lowest BCUT2D eigenvalue weighted by atomic mass is 9.95. The van der Waals surface area contributed by atoms with Gasteiger partial charge < -0.3 is 10.1 Å². The van der Waals surface area contributed by atoms with Crippen LogP contribution < -0.4 is 10.1 Å². The van der Waals surface area contributed by atoms with E-state index in [1.807, 2.05) is 13.1 Å². The highest BCUT2D eigenvalue weighted by molar-refractivity contribution is 5.88. The second-order valence-electron chi connectivity index (χ2n) is 6.20. The molecule has 0 unspecified atom stereocenters. The molecule has 0 amide bonds. The molecule has 2 aromatic heterocycles. The largest absolute Gasteiger partial charge is 0.461 e. The number of fused-ring (bicyclic) bond motifs is 2. The van der Waals surface area contributed by atoms with Gasteiger partial charge in [-0.3, -0.25) is 9.88 Å². The number of pyridine rings is 1. The van der Waals surface area contributed by atoms with Crippen molar-refractivity contribution in [3.8, 4) is 6.01 Å². The van der Waals surface area contributed by atoms with Crippen LogP contribution in [0.5, 0.6) is 6.01 Å². The third-order valence-corrected chi connectivity index (χ3v) is 4.99. The van der Waals surface area contributed by atoms with Crippen LogP contribution in [-0.4, -0.2) is 52.1 Å². The topological polar surface area (TPSA) is 63.2 Å². The van der Waals surface area contributed by atoms with Gasteiger partial charge in [0.05, 0.1) is 16.4 Å². The highest BCUT2D eigenvalue weighted by Crippen LogP contribution is 2.39. The van der Waals surface area contributed by atoms with Crippen LogP contribution in [-0.2, 0) is 0 Å². The highest BCUT2D eigenvalue weighted by Gasteiger charge is 2.44. The van der Waals surface area contributed by atoms with Crippen molar-refractivity contribution in [2.24, 2.45) is 0 Å². The number of nitrogens with zero attached hydrogens (tertiary/aromatic N) is 4. The average Bonchev–Trinajstić information content (AvgIpc) is 3.12. The first-order valence-electron chi connectivity index (χ1n) is 7.98. The van der Waals surface area contributed by atoms with Gasteiger partial charge in [-0.1, -0.05) is 0 Å². The molecule has 116 valence electrons. The Morgan fingerprint density at radius 3 is 2.86 bits per heavy atom. The fraction of sp³-hybridized carbons (Fsp3) is 0.562. The molecule has 1 N–H and O–H groups in total. The molecule has 6 heteroatoms. The minimum Gasteiger partial charge on any atom is -0.461 e. The molecule has 2 aromatic rings. The maximum Gasteiger partial charge on any atom is 0.319 e. The second kappa shape index (κ2) is 5.35. The first kappa shape index (κ1) is 13.7. The molecule has 2 aliphatic heterocycles. The molecule has 0 bridgehead atoms. The molecule has 2 saturated heterocycles. The quantitative estimate of drug-likeness (QED) is 0.932. The van der Waals surface area contributed by atoms with Crippen molar-refractivity contribution >= 4 is 16.7 Å². The van der Waals surface area contributed by atoms with Crippen molar-refractivity contribution in [1.82, 2.24) is 19.9 Å². The predicted molar refractivity (Wildman–Crippen MR) is 85.1 cm³/mol. The molecule has 22 heavy (non-hydrogen) atoms. The van der Waals surface area contributed by atoms with E-state index in [1.165, 1.54) is 38.8 Å². The number of ether oxygens (including phenoxy) is 1. The molecule has 0 radical (unpaired) electrons. The van der Waals surface area contributed by atoms with E-state index in [0.717, 1.165) is 16.7 Å². The molecule has 4 heterocycles. The van der Waals surface area contributed by atoms with Crippen LogP contribution in [0.3, 0.4) is 0 Å². The summed E-state index contributed by atoms with van der Waals surface area (Å²) in [7, 11) is 1.85. The Balaban J connectivity index is 1.59. The SMILES string of the molecule is CNc1nc(OCC23CCCN2CCC3)nc2ccncc12. The summed E-state index contributed by atoms with van der Waals surface area (Å²) >= 11 is 0. The Hall–Kier alpha value is -1.95. The van der Waals surface area contributed by atoms with Gasteiger partial charge in [0.2, 0.25) is 0 Å². The number of aromatic nitrogens is 3. The third kappa shape index (κ3) is 2.18. The maximum absolute atomic E-state index is 6.02. The Labute approximate surface area is 129 Å². The minimum absolute atomic E-state index is 0.219. The molecular weight excluding hydrogens is 278 g/mol. The fourth-order valence-electron chi connectivity index (χ4n) is 3.87. The second-order valence-corrected chi connectivity index (χ2v) is 6.20. The molecule has 4 rings (SSSR count). The zero-order valence-electron chi connectivity index (χ0n) is 12.9. The first-order valence-corrected chi connectivity index (χ1v) is 7.98. The highest BCUT2D eigenvalue weighted by atomic mass is 16.5. The zero-order valence-corrected chi connectivity index (χ0v) is 12.9. The summed E-state index contributed by atoms with van der Waals surface area (Å²) in [6.45, 7) is 3.09. The van der Waals surface area contributed by atoms with Crippen LogP contribution in [0.25, 0.3) is 10.9 Å². The Morgan fingerprint density at radius 1 is 1.27 bits per heavy atom. The zero-order chi connectivity index (χ0) is 15.0. The summed E-state index contributed by atoms with van der Waals surface area (Å²) in [4.78, 5) is 15.7. The first-order chi connectivity index (χ1) is 10.8. The van der Waals surface area contributed by atoms with Gasteiger partial charge in [-0.05, 0) is 44.8 Å². The molecule has 0 aromatic carbocycles. The third-order valence-electron chi connectivity index (χ3n) is 4.99. The molecule has 0 atom stereocenters. The molecule has 0 spiro atoms. The number of anilines is 1. The Bertz CT molecular complexity index is 679. The van der Waals surface area contributed by atoms with Gasteiger partial charge in [0, 0.05) is 19.4 Å². The van der Waals surface area contributed by atoms with Crippen molar-refractivity contribution in [1.29, 1.82) is 0 Å².